The van der Waals surface area contributed by atoms with Crippen molar-refractivity contribution in [3.05, 3.63) is 0 Å². The molecule has 0 aromatic carbocycles. The zero-order valence-corrected chi connectivity index (χ0v) is 19.6. The Kier molecular flexibility index (Phi) is 17.7. The van der Waals surface area contributed by atoms with Gasteiger partial charge in [0.15, 0.2) is 5.66 Å². The fraction of sp³-hybridized carbons (Fsp3) is 1.00. The molecule has 0 saturated carbocycles. The normalized spacial score (nSPS) is 15.7. The highest BCUT2D eigenvalue weighted by Crippen LogP contribution is 2.46. The van der Waals surface area contributed by atoms with E-state index in [1.165, 1.54) is 0 Å². The van der Waals surface area contributed by atoms with Crippen molar-refractivity contribution >= 4 is 15.6 Å². The van der Waals surface area contributed by atoms with Gasteiger partial charge in [-0.2, -0.15) is 0 Å². The minimum absolute atomic E-state index is 0.0205. The highest BCUT2D eigenvalue weighted by molar-refractivity contribution is 7.53. The number of rotatable bonds is 20. The fourth-order valence-electron chi connectivity index (χ4n) is 1.61. The Hall–Kier alpha value is 0.01000. The molecule has 0 aromatic rings. The van der Waals surface area contributed by atoms with E-state index in [0.717, 1.165) is 0 Å². The van der Waals surface area contributed by atoms with Crippen LogP contribution in [0.25, 0.3) is 0 Å². The second-order valence-corrected chi connectivity index (χ2v) is 11.0. The lowest BCUT2D eigenvalue weighted by Crippen LogP contribution is -2.22. The summed E-state index contributed by atoms with van der Waals surface area (Å²) >= 11 is 0. The predicted octanol–water partition coefficient (Wildman–Crippen LogP) is 2.19. The molecule has 12 heteroatoms. The standard InChI is InChI=1S/C17H36O10P2/c1-15(2)28(19)26-14-17(18)13-25-10-9-23-6-5-22-7-8-24-11-12-27-29(20,21)16(3)4/h15-18H,5-14H2,1-4H3/p+1. The average molecular weight is 463 g/mol. The van der Waals surface area contributed by atoms with Crippen LogP contribution in [0.3, 0.4) is 0 Å². The summed E-state index contributed by atoms with van der Waals surface area (Å²) in [7, 11) is -5.29. The van der Waals surface area contributed by atoms with Gasteiger partial charge in [-0.3, -0.25) is 4.57 Å². The summed E-state index contributed by atoms with van der Waals surface area (Å²) in [6.07, 6.45) is -0.823. The molecule has 3 atom stereocenters. The van der Waals surface area contributed by atoms with Crippen LogP contribution >= 0.6 is 15.6 Å². The number of aliphatic hydroxyl groups excluding tert-OH is 1. The molecule has 0 amide bonds. The van der Waals surface area contributed by atoms with Crippen molar-refractivity contribution in [2.24, 2.45) is 0 Å². The quantitative estimate of drug-likeness (QED) is 0.205. The molecule has 0 rings (SSSR count). The zero-order chi connectivity index (χ0) is 22.1. The maximum atomic E-state index is 11.5. The van der Waals surface area contributed by atoms with Crippen LogP contribution < -0.4 is 0 Å². The van der Waals surface area contributed by atoms with Gasteiger partial charge in [0.2, 0.25) is 0 Å². The van der Waals surface area contributed by atoms with Gasteiger partial charge >= 0.3 is 15.6 Å². The lowest BCUT2D eigenvalue weighted by molar-refractivity contribution is -0.0247. The minimum Gasteiger partial charge on any atom is -0.388 e. The van der Waals surface area contributed by atoms with Crippen LogP contribution in [0.1, 0.15) is 27.7 Å². The molecule has 2 N–H and O–H groups in total. The summed E-state index contributed by atoms with van der Waals surface area (Å²) in [5, 5.41) is 9.64. The summed E-state index contributed by atoms with van der Waals surface area (Å²) in [4.78, 5) is 9.46. The smallest absolute Gasteiger partial charge is 0.388 e. The molecule has 0 aliphatic carbocycles. The van der Waals surface area contributed by atoms with Gasteiger partial charge in [-0.1, -0.05) is 13.8 Å². The second-order valence-electron chi connectivity index (χ2n) is 6.73. The van der Waals surface area contributed by atoms with E-state index in [4.69, 9.17) is 28.0 Å². The van der Waals surface area contributed by atoms with E-state index in [2.05, 4.69) is 0 Å². The summed E-state index contributed by atoms with van der Waals surface area (Å²) < 4.78 is 54.0. The van der Waals surface area contributed by atoms with Crippen molar-refractivity contribution in [2.75, 3.05) is 66.1 Å². The highest BCUT2D eigenvalue weighted by Gasteiger charge is 2.25. The molecule has 0 heterocycles. The molecule has 0 aliphatic rings. The van der Waals surface area contributed by atoms with E-state index in [-0.39, 0.29) is 32.1 Å². The molecule has 10 nitrogen and oxygen atoms in total. The Labute approximate surface area is 174 Å². The highest BCUT2D eigenvalue weighted by atomic mass is 31.2. The van der Waals surface area contributed by atoms with Gasteiger partial charge in [0, 0.05) is 0 Å². The van der Waals surface area contributed by atoms with Crippen molar-refractivity contribution in [1.82, 2.24) is 0 Å². The molecule has 0 radical (unpaired) electrons. The Balaban J connectivity index is 3.32. The zero-order valence-electron chi connectivity index (χ0n) is 17.9. The molecule has 0 fully saturated rings. The van der Waals surface area contributed by atoms with Crippen LogP contribution in [0.4, 0.5) is 0 Å². The van der Waals surface area contributed by atoms with Crippen molar-refractivity contribution in [3.8, 4) is 0 Å². The summed E-state index contributed by atoms with van der Waals surface area (Å²) in [6.45, 7) is 9.40. The van der Waals surface area contributed by atoms with E-state index in [9.17, 15) is 19.1 Å². The maximum absolute atomic E-state index is 11.5. The Morgan fingerprint density at radius 2 is 1.24 bits per heavy atom. The van der Waals surface area contributed by atoms with Crippen molar-refractivity contribution in [2.45, 2.75) is 45.1 Å². The Bertz CT molecular complexity index is 461. The minimum atomic E-state index is -3.53. The lowest BCUT2D eigenvalue weighted by atomic mass is 10.4. The van der Waals surface area contributed by atoms with Gasteiger partial charge in [-0.15, -0.1) is 4.52 Å². The first-order valence-corrected chi connectivity index (χ1v) is 12.6. The molecule has 0 aliphatic heterocycles. The van der Waals surface area contributed by atoms with Crippen LogP contribution in [-0.2, 0) is 37.1 Å². The van der Waals surface area contributed by atoms with E-state index in [0.29, 0.717) is 39.6 Å². The van der Waals surface area contributed by atoms with E-state index < -0.39 is 27.4 Å². The number of hydrogen-bond acceptors (Lipinski definition) is 9. The molecule has 3 unspecified atom stereocenters. The topological polar surface area (TPSA) is 130 Å². The average Bonchev–Trinajstić information content (AvgIpc) is 2.65. The molecule has 0 spiro atoms. The third kappa shape index (κ3) is 17.4. The van der Waals surface area contributed by atoms with Gasteiger partial charge in [0.05, 0.1) is 65.1 Å². The first kappa shape index (κ1) is 29.0. The maximum Gasteiger partial charge on any atom is 0.510 e. The third-order valence-electron chi connectivity index (χ3n) is 3.40. The van der Waals surface area contributed by atoms with Gasteiger partial charge in [0.25, 0.3) is 0 Å². The van der Waals surface area contributed by atoms with Gasteiger partial charge in [-0.05, 0) is 18.4 Å². The van der Waals surface area contributed by atoms with Crippen LogP contribution in [-0.4, -0.2) is 93.5 Å². The monoisotopic (exact) mass is 463 g/mol. The van der Waals surface area contributed by atoms with Crippen molar-refractivity contribution in [3.63, 3.8) is 0 Å². The lowest BCUT2D eigenvalue weighted by Gasteiger charge is -2.15. The van der Waals surface area contributed by atoms with Crippen molar-refractivity contribution < 1.29 is 47.1 Å². The van der Waals surface area contributed by atoms with Crippen LogP contribution in [0.15, 0.2) is 0 Å². The summed E-state index contributed by atoms with van der Waals surface area (Å²) in [5.41, 5.74) is -0.511. The van der Waals surface area contributed by atoms with Crippen LogP contribution in [0.2, 0.25) is 0 Å². The molecule has 0 bridgehead atoms. The van der Waals surface area contributed by atoms with Crippen molar-refractivity contribution in [1.29, 1.82) is 0 Å². The molecular weight excluding hydrogens is 426 g/mol. The van der Waals surface area contributed by atoms with Gasteiger partial charge < -0.3 is 33.5 Å². The second kappa shape index (κ2) is 17.7. The number of aliphatic hydroxyl groups is 1. The molecular formula is C17H37O10P2+. The first-order valence-electron chi connectivity index (χ1n) is 9.72. The summed E-state index contributed by atoms with van der Waals surface area (Å²) in [5.74, 6) is 0. The third-order valence-corrected chi connectivity index (χ3v) is 6.50. The largest absolute Gasteiger partial charge is 0.510 e. The number of ether oxygens (including phenoxy) is 4. The molecule has 0 saturated heterocycles. The molecule has 174 valence electrons. The molecule has 29 heavy (non-hydrogen) atoms. The van der Waals surface area contributed by atoms with Crippen LogP contribution in [0.5, 0.6) is 0 Å². The fourth-order valence-corrected chi connectivity index (χ4v) is 2.86. The van der Waals surface area contributed by atoms with Gasteiger partial charge in [0.1, 0.15) is 12.7 Å². The Morgan fingerprint density at radius 3 is 1.69 bits per heavy atom. The van der Waals surface area contributed by atoms with Gasteiger partial charge in [-0.25, -0.2) is 0 Å². The van der Waals surface area contributed by atoms with E-state index in [1.807, 2.05) is 0 Å². The van der Waals surface area contributed by atoms with E-state index in [1.54, 1.807) is 27.7 Å². The predicted molar refractivity (Wildman–Crippen MR) is 109 cm³/mol. The van der Waals surface area contributed by atoms with Crippen LogP contribution in [0, 0.1) is 0 Å². The SMILES string of the molecule is CC(C)[P+](=O)OCC(O)COCCOCCOCCOCCOP(=O)(O)C(C)C. The summed E-state index contributed by atoms with van der Waals surface area (Å²) in [6, 6.07) is 0. The Morgan fingerprint density at radius 1 is 0.793 bits per heavy atom. The van der Waals surface area contributed by atoms with E-state index >= 15 is 0 Å². The first-order chi connectivity index (χ1) is 13.7. The molecule has 0 aromatic heterocycles. The number of hydrogen-bond donors (Lipinski definition) is 2.